The molecule has 7 heteroatoms. The van der Waals surface area contributed by atoms with Crippen molar-refractivity contribution in [2.24, 2.45) is 0 Å². The van der Waals surface area contributed by atoms with E-state index in [0.29, 0.717) is 11.7 Å². The van der Waals surface area contributed by atoms with Crippen LogP contribution in [-0.2, 0) is 11.3 Å². The maximum absolute atomic E-state index is 12.5. The van der Waals surface area contributed by atoms with Gasteiger partial charge >= 0.3 is 5.69 Å². The van der Waals surface area contributed by atoms with Gasteiger partial charge in [0.05, 0.1) is 11.8 Å². The van der Waals surface area contributed by atoms with E-state index < -0.39 is 0 Å². The van der Waals surface area contributed by atoms with Crippen LogP contribution in [0.25, 0.3) is 0 Å². The van der Waals surface area contributed by atoms with Gasteiger partial charge in [-0.15, -0.1) is 5.10 Å². The average Bonchev–Trinajstić information content (AvgIpc) is 2.85. The number of thioether (sulfide) groups is 1. The molecule has 3 rings (SSSR count). The summed E-state index contributed by atoms with van der Waals surface area (Å²) >= 11 is 1.32. The number of aromatic amines is 1. The van der Waals surface area contributed by atoms with E-state index in [1.54, 1.807) is 4.57 Å². The van der Waals surface area contributed by atoms with E-state index in [1.807, 2.05) is 37.3 Å². The van der Waals surface area contributed by atoms with Crippen LogP contribution in [0.2, 0.25) is 0 Å². The molecule has 0 bridgehead atoms. The highest BCUT2D eigenvalue weighted by atomic mass is 32.2. The lowest BCUT2D eigenvalue weighted by Crippen LogP contribution is -2.39. The van der Waals surface area contributed by atoms with E-state index >= 15 is 0 Å². The number of hydrogen-bond acceptors (Lipinski definition) is 4. The summed E-state index contributed by atoms with van der Waals surface area (Å²) in [5, 5.41) is 10.0. The molecule has 2 N–H and O–H groups in total. The molecule has 140 valence electrons. The highest BCUT2D eigenvalue weighted by molar-refractivity contribution is 8.00. The van der Waals surface area contributed by atoms with Gasteiger partial charge in [-0.05, 0) is 25.3 Å². The zero-order valence-corrected chi connectivity index (χ0v) is 15.9. The van der Waals surface area contributed by atoms with Gasteiger partial charge in [0.2, 0.25) is 5.91 Å². The first-order valence-electron chi connectivity index (χ1n) is 9.29. The Balaban J connectivity index is 1.62. The standard InChI is InChI=1S/C19H26N4O2S/c1-14(17(24)20-16-11-7-2-3-8-12-16)26-19-22-21-18(25)23(19)13-15-9-5-4-6-10-15/h4-6,9-10,14,16H,2-3,7-8,11-13H2,1H3,(H,20,24)(H,21,25). The number of aromatic nitrogens is 3. The molecule has 0 aliphatic heterocycles. The third kappa shape index (κ3) is 5.00. The lowest BCUT2D eigenvalue weighted by Gasteiger charge is -2.19. The molecule has 1 aromatic heterocycles. The van der Waals surface area contributed by atoms with Crippen LogP contribution in [0.4, 0.5) is 0 Å². The van der Waals surface area contributed by atoms with Gasteiger partial charge in [0.1, 0.15) is 0 Å². The Labute approximate surface area is 157 Å². The van der Waals surface area contributed by atoms with Crippen molar-refractivity contribution >= 4 is 17.7 Å². The molecule has 1 aliphatic rings. The SMILES string of the molecule is CC(Sc1n[nH]c(=O)n1Cc1ccccc1)C(=O)NC1CCCCCC1. The summed E-state index contributed by atoms with van der Waals surface area (Å²) in [6.07, 6.45) is 7.00. The molecule has 1 heterocycles. The van der Waals surface area contributed by atoms with Crippen LogP contribution in [0.15, 0.2) is 40.3 Å². The van der Waals surface area contributed by atoms with Crippen molar-refractivity contribution in [3.63, 3.8) is 0 Å². The Morgan fingerprint density at radius 3 is 2.65 bits per heavy atom. The fourth-order valence-electron chi connectivity index (χ4n) is 3.25. The topological polar surface area (TPSA) is 79.8 Å². The third-order valence-electron chi connectivity index (χ3n) is 4.76. The van der Waals surface area contributed by atoms with Gasteiger partial charge in [0.15, 0.2) is 5.16 Å². The van der Waals surface area contributed by atoms with Crippen LogP contribution in [0.1, 0.15) is 51.0 Å². The molecular weight excluding hydrogens is 348 g/mol. The number of carbonyl (C=O) groups excluding carboxylic acids is 1. The Bertz CT molecular complexity index is 763. The van der Waals surface area contributed by atoms with Gasteiger partial charge in [-0.1, -0.05) is 67.8 Å². The average molecular weight is 375 g/mol. The van der Waals surface area contributed by atoms with E-state index in [4.69, 9.17) is 0 Å². The van der Waals surface area contributed by atoms with Crippen molar-refractivity contribution in [2.45, 2.75) is 68.4 Å². The summed E-state index contributed by atoms with van der Waals surface area (Å²) in [4.78, 5) is 24.6. The zero-order chi connectivity index (χ0) is 18.4. The quantitative estimate of drug-likeness (QED) is 0.602. The summed E-state index contributed by atoms with van der Waals surface area (Å²) in [6.45, 7) is 2.30. The van der Waals surface area contributed by atoms with Crippen molar-refractivity contribution in [1.82, 2.24) is 20.1 Å². The van der Waals surface area contributed by atoms with Crippen LogP contribution in [0.5, 0.6) is 0 Å². The molecule has 1 fully saturated rings. The second-order valence-corrected chi connectivity index (χ2v) is 8.15. The predicted molar refractivity (Wildman–Crippen MR) is 103 cm³/mol. The number of rotatable bonds is 6. The van der Waals surface area contributed by atoms with Gasteiger partial charge < -0.3 is 5.32 Å². The van der Waals surface area contributed by atoms with Gasteiger partial charge in [-0.25, -0.2) is 9.89 Å². The first-order valence-corrected chi connectivity index (χ1v) is 10.2. The van der Waals surface area contributed by atoms with Crippen LogP contribution < -0.4 is 11.0 Å². The molecule has 1 saturated carbocycles. The number of amides is 1. The number of nitrogens with zero attached hydrogens (tertiary/aromatic N) is 2. The Hall–Kier alpha value is -2.02. The molecule has 0 spiro atoms. The third-order valence-corrected chi connectivity index (χ3v) is 5.85. The number of benzene rings is 1. The predicted octanol–water partition coefficient (Wildman–Crippen LogP) is 2.94. The van der Waals surface area contributed by atoms with Crippen molar-refractivity contribution in [1.29, 1.82) is 0 Å². The van der Waals surface area contributed by atoms with Gasteiger partial charge in [-0.2, -0.15) is 0 Å². The van der Waals surface area contributed by atoms with Crippen LogP contribution in [0, 0.1) is 0 Å². The highest BCUT2D eigenvalue weighted by Crippen LogP contribution is 2.22. The van der Waals surface area contributed by atoms with Gasteiger partial charge in [0.25, 0.3) is 0 Å². The van der Waals surface area contributed by atoms with Gasteiger partial charge in [-0.3, -0.25) is 9.36 Å². The maximum atomic E-state index is 12.5. The van der Waals surface area contributed by atoms with E-state index in [1.165, 1.54) is 37.4 Å². The molecule has 0 radical (unpaired) electrons. The number of carbonyl (C=O) groups is 1. The van der Waals surface area contributed by atoms with Crippen LogP contribution in [0.3, 0.4) is 0 Å². The molecule has 1 aromatic carbocycles. The van der Waals surface area contributed by atoms with E-state index in [9.17, 15) is 9.59 Å². The molecule has 1 unspecified atom stereocenters. The van der Waals surface area contributed by atoms with Crippen molar-refractivity contribution in [2.75, 3.05) is 0 Å². The summed E-state index contributed by atoms with van der Waals surface area (Å²) < 4.78 is 1.58. The molecule has 0 saturated heterocycles. The first kappa shape index (κ1) is 18.8. The maximum Gasteiger partial charge on any atom is 0.344 e. The van der Waals surface area contributed by atoms with E-state index in [-0.39, 0.29) is 22.9 Å². The second kappa shape index (κ2) is 9.07. The molecule has 6 nitrogen and oxygen atoms in total. The largest absolute Gasteiger partial charge is 0.352 e. The fraction of sp³-hybridized carbons (Fsp3) is 0.526. The minimum Gasteiger partial charge on any atom is -0.352 e. The van der Waals surface area contributed by atoms with Crippen molar-refractivity contribution in [3.8, 4) is 0 Å². The normalized spacial score (nSPS) is 16.8. The molecule has 2 aromatic rings. The van der Waals surface area contributed by atoms with E-state index in [2.05, 4.69) is 15.5 Å². The molecular formula is C19H26N4O2S. The van der Waals surface area contributed by atoms with E-state index in [0.717, 1.165) is 18.4 Å². The van der Waals surface area contributed by atoms with Gasteiger partial charge in [0, 0.05) is 6.04 Å². The summed E-state index contributed by atoms with van der Waals surface area (Å²) in [5.41, 5.74) is 0.765. The smallest absolute Gasteiger partial charge is 0.344 e. The summed E-state index contributed by atoms with van der Waals surface area (Å²) in [6, 6.07) is 10.0. The van der Waals surface area contributed by atoms with Crippen molar-refractivity contribution in [3.05, 3.63) is 46.4 Å². The number of H-pyrrole nitrogens is 1. The molecule has 26 heavy (non-hydrogen) atoms. The number of nitrogens with one attached hydrogen (secondary N) is 2. The molecule has 1 amide bonds. The Kier molecular flexibility index (Phi) is 6.55. The van der Waals surface area contributed by atoms with Crippen molar-refractivity contribution < 1.29 is 4.79 Å². The lowest BCUT2D eigenvalue weighted by molar-refractivity contribution is -0.121. The Morgan fingerprint density at radius 1 is 1.27 bits per heavy atom. The fourth-order valence-corrected chi connectivity index (χ4v) is 4.12. The lowest BCUT2D eigenvalue weighted by atomic mass is 10.1. The van der Waals surface area contributed by atoms with Crippen LogP contribution >= 0.6 is 11.8 Å². The summed E-state index contributed by atoms with van der Waals surface area (Å²) in [7, 11) is 0. The minimum atomic E-state index is -0.303. The van der Waals surface area contributed by atoms with Crippen LogP contribution in [-0.4, -0.2) is 32.0 Å². The molecule has 1 aliphatic carbocycles. The second-order valence-electron chi connectivity index (χ2n) is 6.84. The Morgan fingerprint density at radius 2 is 1.96 bits per heavy atom. The summed E-state index contributed by atoms with van der Waals surface area (Å²) in [5.74, 6) is 0.0172. The monoisotopic (exact) mass is 374 g/mol. The number of hydrogen-bond donors (Lipinski definition) is 2. The zero-order valence-electron chi connectivity index (χ0n) is 15.1. The first-order chi connectivity index (χ1) is 12.6. The highest BCUT2D eigenvalue weighted by Gasteiger charge is 2.22. The molecule has 1 atom stereocenters. The minimum absolute atomic E-state index is 0.0172.